The molecule has 1 N–H and O–H groups in total. The van der Waals surface area contributed by atoms with Gasteiger partial charge in [-0.3, -0.25) is 4.79 Å². The Balaban J connectivity index is 1.84. The Labute approximate surface area is 176 Å². The number of benzene rings is 2. The molecule has 3 rings (SSSR count). The lowest BCUT2D eigenvalue weighted by atomic mass is 9.91. The number of esters is 1. The predicted molar refractivity (Wildman–Crippen MR) is 115 cm³/mol. The van der Waals surface area contributed by atoms with Gasteiger partial charge in [-0.25, -0.2) is 9.18 Å². The van der Waals surface area contributed by atoms with Crippen molar-refractivity contribution in [2.24, 2.45) is 5.92 Å². The van der Waals surface area contributed by atoms with Crippen LogP contribution in [0.4, 0.5) is 4.39 Å². The number of hydrogen-bond donors (Lipinski definition) is 1. The van der Waals surface area contributed by atoms with Crippen molar-refractivity contribution in [1.82, 2.24) is 4.90 Å². The lowest BCUT2D eigenvalue weighted by Gasteiger charge is -2.37. The molecule has 2 aromatic rings. The Morgan fingerprint density at radius 1 is 1.17 bits per heavy atom. The Morgan fingerprint density at radius 3 is 2.40 bits per heavy atom. The van der Waals surface area contributed by atoms with Crippen molar-refractivity contribution >= 4 is 17.6 Å². The van der Waals surface area contributed by atoms with Crippen molar-refractivity contribution in [3.8, 4) is 11.1 Å². The van der Waals surface area contributed by atoms with Gasteiger partial charge in [0.15, 0.2) is 6.30 Å². The van der Waals surface area contributed by atoms with E-state index in [-0.39, 0.29) is 24.3 Å². The third-order valence-electron chi connectivity index (χ3n) is 5.59. The molecular formula is C24H27FN2O3. The van der Waals surface area contributed by atoms with Gasteiger partial charge in [-0.05, 0) is 47.7 Å². The molecule has 6 heteroatoms. The molecule has 2 aromatic carbocycles. The van der Waals surface area contributed by atoms with Crippen LogP contribution in [0.15, 0.2) is 42.5 Å². The number of hydrogen-bond acceptors (Lipinski definition) is 4. The molecule has 0 fully saturated rings. The third-order valence-corrected chi connectivity index (χ3v) is 5.59. The van der Waals surface area contributed by atoms with Gasteiger partial charge in [0, 0.05) is 30.2 Å². The van der Waals surface area contributed by atoms with Crippen LogP contribution in [0.2, 0.25) is 0 Å². The normalized spacial score (nSPS) is 16.9. The minimum atomic E-state index is -1.42. The number of amides is 1. The molecule has 2 atom stereocenters. The molecule has 1 amide bonds. The molecule has 0 aliphatic carbocycles. The van der Waals surface area contributed by atoms with E-state index < -0.39 is 12.3 Å². The highest BCUT2D eigenvalue weighted by Gasteiger charge is 2.36. The van der Waals surface area contributed by atoms with Crippen LogP contribution >= 0.6 is 0 Å². The average Bonchev–Trinajstić information content (AvgIpc) is 2.72. The predicted octanol–water partition coefficient (Wildman–Crippen LogP) is 4.89. The van der Waals surface area contributed by atoms with Crippen LogP contribution < -0.4 is 0 Å². The number of nitrogens with one attached hydrogen (secondary N) is 1. The fraction of sp³-hybridized carbons (Fsp3) is 0.375. The van der Waals surface area contributed by atoms with Crippen molar-refractivity contribution in [2.75, 3.05) is 7.11 Å². The minimum Gasteiger partial charge on any atom is -0.465 e. The fourth-order valence-corrected chi connectivity index (χ4v) is 3.74. The first-order chi connectivity index (χ1) is 14.2. The van der Waals surface area contributed by atoms with Gasteiger partial charge < -0.3 is 15.0 Å². The first-order valence-corrected chi connectivity index (χ1v) is 10.1. The topological polar surface area (TPSA) is 70.5 Å². The van der Waals surface area contributed by atoms with Crippen molar-refractivity contribution in [3.63, 3.8) is 0 Å². The lowest BCUT2D eigenvalue weighted by Crippen LogP contribution is -2.49. The Hall–Kier alpha value is -3.02. The fourth-order valence-electron chi connectivity index (χ4n) is 3.74. The van der Waals surface area contributed by atoms with E-state index in [0.717, 1.165) is 11.1 Å². The highest BCUT2D eigenvalue weighted by molar-refractivity contribution is 5.98. The second kappa shape index (κ2) is 8.78. The lowest BCUT2D eigenvalue weighted by molar-refractivity contribution is 0.0282. The molecule has 1 heterocycles. The van der Waals surface area contributed by atoms with Gasteiger partial charge in [-0.15, -0.1) is 0 Å². The molecule has 0 radical (unpaired) electrons. The van der Waals surface area contributed by atoms with E-state index in [0.29, 0.717) is 28.8 Å². The second-order valence-electron chi connectivity index (χ2n) is 8.02. The number of ether oxygens (including phenoxy) is 1. The molecule has 0 saturated heterocycles. The summed E-state index contributed by atoms with van der Waals surface area (Å²) in [4.78, 5) is 25.8. The molecule has 0 saturated carbocycles. The van der Waals surface area contributed by atoms with Crippen LogP contribution in [0.5, 0.6) is 0 Å². The first-order valence-electron chi connectivity index (χ1n) is 10.1. The average molecular weight is 410 g/mol. The van der Waals surface area contributed by atoms with E-state index in [9.17, 15) is 14.0 Å². The van der Waals surface area contributed by atoms with Crippen molar-refractivity contribution in [1.29, 1.82) is 5.41 Å². The number of fused-ring (bicyclic) bond motifs is 1. The smallest absolute Gasteiger partial charge is 0.337 e. The molecule has 5 nitrogen and oxygen atoms in total. The summed E-state index contributed by atoms with van der Waals surface area (Å²) < 4.78 is 19.7. The molecule has 1 aliphatic rings. The van der Waals surface area contributed by atoms with Crippen molar-refractivity contribution in [2.45, 2.75) is 46.0 Å². The number of carbonyl (C=O) groups excluding carboxylic acids is 2. The maximum atomic E-state index is 15.0. The largest absolute Gasteiger partial charge is 0.465 e. The van der Waals surface area contributed by atoms with Gasteiger partial charge in [-0.1, -0.05) is 38.1 Å². The molecule has 0 spiro atoms. The number of methoxy groups -OCH3 is 1. The van der Waals surface area contributed by atoms with Crippen LogP contribution in [-0.4, -0.2) is 41.9 Å². The highest BCUT2D eigenvalue weighted by Crippen LogP contribution is 2.31. The van der Waals surface area contributed by atoms with Gasteiger partial charge in [0.1, 0.15) is 0 Å². The molecule has 0 aromatic heterocycles. The number of carbonyl (C=O) groups is 2. The SMILES string of the molecule is COC(=O)c1ccc(-c2ccc3c(c2)C[C@@H](F)N(C(C)CC(=N)C(C)C)C3=O)cc1. The summed E-state index contributed by atoms with van der Waals surface area (Å²) in [6, 6.07) is 12.0. The molecule has 30 heavy (non-hydrogen) atoms. The second-order valence-corrected chi connectivity index (χ2v) is 8.02. The zero-order valence-corrected chi connectivity index (χ0v) is 17.7. The monoisotopic (exact) mass is 410 g/mol. The van der Waals surface area contributed by atoms with Gasteiger partial charge >= 0.3 is 5.97 Å². The van der Waals surface area contributed by atoms with Gasteiger partial charge in [-0.2, -0.15) is 0 Å². The zero-order valence-electron chi connectivity index (χ0n) is 17.7. The minimum absolute atomic E-state index is 0.0748. The van der Waals surface area contributed by atoms with Crippen molar-refractivity contribution < 1.29 is 18.7 Å². The number of rotatable bonds is 6. The van der Waals surface area contributed by atoms with Crippen LogP contribution in [0.1, 0.15) is 53.5 Å². The van der Waals surface area contributed by atoms with Gasteiger partial charge in [0.2, 0.25) is 0 Å². The van der Waals surface area contributed by atoms with Crippen LogP contribution in [-0.2, 0) is 11.2 Å². The molecule has 0 bridgehead atoms. The van der Waals surface area contributed by atoms with Crippen molar-refractivity contribution in [3.05, 3.63) is 59.2 Å². The standard InChI is InChI=1S/C24H27FN2O3/c1-14(2)21(26)11-15(3)27-22(25)13-19-12-18(9-10-20(19)23(27)28)16-5-7-17(8-6-16)24(29)30-4/h5-10,12,14-15,22,26H,11,13H2,1-4H3/t15?,22-/m0/s1. The zero-order chi connectivity index (χ0) is 22.0. The van der Waals surface area contributed by atoms with E-state index in [1.165, 1.54) is 12.0 Å². The molecule has 1 unspecified atom stereocenters. The third kappa shape index (κ3) is 4.27. The van der Waals surface area contributed by atoms with Gasteiger partial charge in [0.05, 0.1) is 12.7 Å². The van der Waals surface area contributed by atoms with Crippen LogP contribution in [0, 0.1) is 11.3 Å². The van der Waals surface area contributed by atoms with E-state index in [1.807, 2.05) is 26.0 Å². The first kappa shape index (κ1) is 21.7. The Bertz CT molecular complexity index is 969. The summed E-state index contributed by atoms with van der Waals surface area (Å²) in [5.74, 6) is -0.663. The summed E-state index contributed by atoms with van der Waals surface area (Å²) in [7, 11) is 1.33. The summed E-state index contributed by atoms with van der Waals surface area (Å²) in [6.07, 6.45) is -0.935. The van der Waals surface area contributed by atoms with Crippen LogP contribution in [0.25, 0.3) is 11.1 Å². The van der Waals surface area contributed by atoms with E-state index >= 15 is 0 Å². The molecule has 1 aliphatic heterocycles. The Kier molecular flexibility index (Phi) is 6.34. The summed E-state index contributed by atoms with van der Waals surface area (Å²) >= 11 is 0. The summed E-state index contributed by atoms with van der Waals surface area (Å²) in [6.45, 7) is 5.65. The maximum absolute atomic E-state index is 15.0. The number of halogens is 1. The number of alkyl halides is 1. The van der Waals surface area contributed by atoms with E-state index in [2.05, 4.69) is 0 Å². The highest BCUT2D eigenvalue weighted by atomic mass is 19.1. The van der Waals surface area contributed by atoms with Gasteiger partial charge in [0.25, 0.3) is 5.91 Å². The Morgan fingerprint density at radius 2 is 1.80 bits per heavy atom. The maximum Gasteiger partial charge on any atom is 0.337 e. The van der Waals surface area contributed by atoms with Crippen LogP contribution in [0.3, 0.4) is 0 Å². The van der Waals surface area contributed by atoms with E-state index in [4.69, 9.17) is 10.1 Å². The molecule has 158 valence electrons. The summed E-state index contributed by atoms with van der Waals surface area (Å²) in [5, 5.41) is 8.06. The quantitative estimate of drug-likeness (QED) is 0.419. The van der Waals surface area contributed by atoms with E-state index in [1.54, 1.807) is 37.3 Å². The number of nitrogens with zero attached hydrogens (tertiary/aromatic N) is 1. The molecular weight excluding hydrogens is 383 g/mol. The summed E-state index contributed by atoms with van der Waals surface area (Å²) in [5.41, 5.74) is 3.86.